The van der Waals surface area contributed by atoms with E-state index in [2.05, 4.69) is 0 Å². The topological polar surface area (TPSA) is 77.4 Å². The predicted octanol–water partition coefficient (Wildman–Crippen LogP) is 3.24. The summed E-state index contributed by atoms with van der Waals surface area (Å²) in [5.74, 6) is 0. The first-order valence-electron chi connectivity index (χ1n) is 8.93. The van der Waals surface area contributed by atoms with E-state index in [-0.39, 0.29) is 13.2 Å². The summed E-state index contributed by atoms with van der Waals surface area (Å²) in [6, 6.07) is 14.1. The van der Waals surface area contributed by atoms with Gasteiger partial charge in [-0.2, -0.15) is 0 Å². The minimum atomic E-state index is -0.921. The highest BCUT2D eigenvalue weighted by Gasteiger charge is 2.47. The zero-order valence-corrected chi connectivity index (χ0v) is 16.3. The van der Waals surface area contributed by atoms with Crippen molar-refractivity contribution in [1.29, 1.82) is 0 Å². The molecule has 6 nitrogen and oxygen atoms in total. The zero-order valence-electron chi connectivity index (χ0n) is 14.8. The number of ether oxygens (including phenoxy) is 4. The first kappa shape index (κ1) is 20.1. The van der Waals surface area contributed by atoms with Gasteiger partial charge in [-0.05, 0) is 24.3 Å². The number of hydrogen-bond donors (Lipinski definition) is 2. The lowest BCUT2D eigenvalue weighted by Gasteiger charge is -2.37. The molecular formula is C20H20Cl2O6. The molecule has 8 heteroatoms. The molecule has 0 amide bonds. The lowest BCUT2D eigenvalue weighted by Crippen LogP contribution is -2.51. The van der Waals surface area contributed by atoms with Gasteiger partial charge in [0.25, 0.3) is 0 Å². The molecule has 2 aliphatic heterocycles. The van der Waals surface area contributed by atoms with Crippen molar-refractivity contribution < 1.29 is 29.2 Å². The van der Waals surface area contributed by atoms with Crippen LogP contribution in [-0.2, 0) is 18.9 Å². The molecule has 2 aromatic carbocycles. The van der Waals surface area contributed by atoms with Gasteiger partial charge >= 0.3 is 0 Å². The Balaban J connectivity index is 1.51. The molecular weight excluding hydrogens is 407 g/mol. The van der Waals surface area contributed by atoms with Crippen LogP contribution in [0.4, 0.5) is 0 Å². The molecule has 2 N–H and O–H groups in total. The van der Waals surface area contributed by atoms with Crippen LogP contribution in [0.5, 0.6) is 0 Å². The van der Waals surface area contributed by atoms with Gasteiger partial charge in [0, 0.05) is 21.2 Å². The number of aliphatic hydroxyl groups is 2. The lowest BCUT2D eigenvalue weighted by atomic mass is 10.0. The molecule has 2 saturated heterocycles. The van der Waals surface area contributed by atoms with Crippen LogP contribution in [-0.4, -0.2) is 47.8 Å². The fourth-order valence-electron chi connectivity index (χ4n) is 3.36. The van der Waals surface area contributed by atoms with Crippen molar-refractivity contribution in [3.05, 3.63) is 69.7 Å². The summed E-state index contributed by atoms with van der Waals surface area (Å²) < 4.78 is 23.5. The Hall–Kier alpha value is -1.22. The Bertz CT molecular complexity index is 741. The van der Waals surface area contributed by atoms with E-state index in [1.807, 2.05) is 0 Å². The van der Waals surface area contributed by atoms with Crippen LogP contribution in [0, 0.1) is 0 Å². The van der Waals surface area contributed by atoms with Crippen molar-refractivity contribution >= 4 is 23.2 Å². The van der Waals surface area contributed by atoms with Crippen LogP contribution in [0.15, 0.2) is 48.5 Å². The summed E-state index contributed by atoms with van der Waals surface area (Å²) in [7, 11) is 0. The van der Waals surface area contributed by atoms with Crippen molar-refractivity contribution in [2.45, 2.75) is 37.0 Å². The molecule has 2 unspecified atom stereocenters. The minimum absolute atomic E-state index is 0.0710. The van der Waals surface area contributed by atoms with E-state index < -0.39 is 37.0 Å². The van der Waals surface area contributed by atoms with Crippen LogP contribution in [0.3, 0.4) is 0 Å². The van der Waals surface area contributed by atoms with Gasteiger partial charge in [0.1, 0.15) is 24.4 Å². The number of benzene rings is 2. The molecule has 0 spiro atoms. The average Bonchev–Trinajstić information content (AvgIpc) is 3.14. The molecule has 6 atom stereocenters. The normalized spacial score (nSPS) is 33.1. The Kier molecular flexibility index (Phi) is 6.20. The summed E-state index contributed by atoms with van der Waals surface area (Å²) in [4.78, 5) is 0. The van der Waals surface area contributed by atoms with Crippen LogP contribution in [0.25, 0.3) is 0 Å². The first-order chi connectivity index (χ1) is 13.5. The second kappa shape index (κ2) is 8.65. The molecule has 2 aromatic rings. The number of aliphatic hydroxyl groups excluding tert-OH is 2. The van der Waals surface area contributed by atoms with E-state index in [4.69, 9.17) is 42.1 Å². The summed E-state index contributed by atoms with van der Waals surface area (Å²) in [5, 5.41) is 21.4. The van der Waals surface area contributed by atoms with Gasteiger partial charge < -0.3 is 29.2 Å². The molecule has 4 rings (SSSR count). The van der Waals surface area contributed by atoms with Crippen molar-refractivity contribution in [1.82, 2.24) is 0 Å². The van der Waals surface area contributed by atoms with Gasteiger partial charge in [-0.25, -0.2) is 0 Å². The third-order valence-corrected chi connectivity index (χ3v) is 5.32. The van der Waals surface area contributed by atoms with Crippen LogP contribution < -0.4 is 0 Å². The average molecular weight is 427 g/mol. The molecule has 0 saturated carbocycles. The molecule has 0 radical (unpaired) electrons. The van der Waals surface area contributed by atoms with Gasteiger partial charge in [0.05, 0.1) is 13.2 Å². The molecule has 2 fully saturated rings. The standard InChI is InChI=1S/C20H20Cl2O6/c21-13-5-1-11(2-6-13)19-25-10-15(24)17(27-19)18-16(9-23)26-20(28-18)12-3-7-14(22)8-4-12/h1-8,15-20,23-24H,9-10H2/t15-,16+,17-,18-,19?,20?/m1/s1. The van der Waals surface area contributed by atoms with Crippen molar-refractivity contribution in [3.63, 3.8) is 0 Å². The largest absolute Gasteiger partial charge is 0.394 e. The molecule has 0 aromatic heterocycles. The fraction of sp³-hybridized carbons (Fsp3) is 0.400. The molecule has 0 aliphatic carbocycles. The number of rotatable bonds is 4. The SMILES string of the molecule is OC[C@@H]1OC(c2ccc(Cl)cc2)O[C@H]1[C@@H]1OC(c2ccc(Cl)cc2)OC[C@H]1O. The Morgan fingerprint density at radius 2 is 1.32 bits per heavy atom. The third kappa shape index (κ3) is 4.20. The molecule has 0 bridgehead atoms. The van der Waals surface area contributed by atoms with Crippen LogP contribution in [0.1, 0.15) is 23.7 Å². The van der Waals surface area contributed by atoms with Crippen molar-refractivity contribution in [2.24, 2.45) is 0 Å². The summed E-state index contributed by atoms with van der Waals surface area (Å²) in [5.41, 5.74) is 1.54. The van der Waals surface area contributed by atoms with E-state index in [1.165, 1.54) is 0 Å². The van der Waals surface area contributed by atoms with Crippen molar-refractivity contribution in [3.8, 4) is 0 Å². The van der Waals surface area contributed by atoms with E-state index in [0.717, 1.165) is 11.1 Å². The van der Waals surface area contributed by atoms with E-state index in [9.17, 15) is 10.2 Å². The highest BCUT2D eigenvalue weighted by atomic mass is 35.5. The van der Waals surface area contributed by atoms with Gasteiger partial charge in [-0.3, -0.25) is 0 Å². The Morgan fingerprint density at radius 1 is 0.786 bits per heavy atom. The smallest absolute Gasteiger partial charge is 0.184 e. The molecule has 28 heavy (non-hydrogen) atoms. The Morgan fingerprint density at radius 3 is 1.89 bits per heavy atom. The quantitative estimate of drug-likeness (QED) is 0.781. The van der Waals surface area contributed by atoms with Gasteiger partial charge in [-0.1, -0.05) is 47.5 Å². The maximum Gasteiger partial charge on any atom is 0.184 e. The predicted molar refractivity (Wildman–Crippen MR) is 102 cm³/mol. The first-order valence-corrected chi connectivity index (χ1v) is 9.68. The third-order valence-electron chi connectivity index (χ3n) is 4.81. The molecule has 2 heterocycles. The van der Waals surface area contributed by atoms with E-state index in [0.29, 0.717) is 10.0 Å². The maximum atomic E-state index is 10.4. The van der Waals surface area contributed by atoms with Gasteiger partial charge in [0.2, 0.25) is 0 Å². The molecule has 150 valence electrons. The summed E-state index contributed by atoms with van der Waals surface area (Å²) in [6.07, 6.45) is -4.34. The number of hydrogen-bond acceptors (Lipinski definition) is 6. The van der Waals surface area contributed by atoms with Gasteiger partial charge in [-0.15, -0.1) is 0 Å². The van der Waals surface area contributed by atoms with Crippen molar-refractivity contribution in [2.75, 3.05) is 13.2 Å². The second-order valence-corrected chi connectivity index (χ2v) is 7.60. The summed E-state index contributed by atoms with van der Waals surface area (Å²) >= 11 is 11.9. The van der Waals surface area contributed by atoms with Crippen LogP contribution in [0.2, 0.25) is 10.0 Å². The zero-order chi connectivity index (χ0) is 19.7. The highest BCUT2D eigenvalue weighted by Crippen LogP contribution is 2.38. The van der Waals surface area contributed by atoms with E-state index >= 15 is 0 Å². The number of halogens is 2. The monoisotopic (exact) mass is 426 g/mol. The lowest BCUT2D eigenvalue weighted by molar-refractivity contribution is -0.279. The Labute approximate surface area is 172 Å². The highest BCUT2D eigenvalue weighted by molar-refractivity contribution is 6.30. The summed E-state index contributed by atoms with van der Waals surface area (Å²) in [6.45, 7) is -0.199. The van der Waals surface area contributed by atoms with Gasteiger partial charge in [0.15, 0.2) is 12.6 Å². The maximum absolute atomic E-state index is 10.4. The second-order valence-electron chi connectivity index (χ2n) is 6.73. The van der Waals surface area contributed by atoms with Crippen LogP contribution >= 0.6 is 23.2 Å². The van der Waals surface area contributed by atoms with E-state index in [1.54, 1.807) is 48.5 Å². The fourth-order valence-corrected chi connectivity index (χ4v) is 3.61. The minimum Gasteiger partial charge on any atom is -0.394 e. The molecule has 2 aliphatic rings.